The van der Waals surface area contributed by atoms with Crippen molar-refractivity contribution < 1.29 is 53.3 Å². The van der Waals surface area contributed by atoms with Crippen LogP contribution in [0.4, 0.5) is 5.95 Å². The zero-order valence-corrected chi connectivity index (χ0v) is 12.3. The van der Waals surface area contributed by atoms with Crippen LogP contribution in [-0.4, -0.2) is 43.3 Å². The van der Waals surface area contributed by atoms with E-state index in [4.69, 9.17) is 5.73 Å². The SMILES string of the molecule is Nc1ncccn1.O.O.O.O=C([O-])c1cccc(C(=O)[O-])n1.[Cu+2]. The van der Waals surface area contributed by atoms with Crippen molar-refractivity contribution in [2.45, 2.75) is 0 Å². The van der Waals surface area contributed by atoms with E-state index in [1.807, 2.05) is 0 Å². The van der Waals surface area contributed by atoms with Gasteiger partial charge in [-0.1, -0.05) is 6.07 Å². The summed E-state index contributed by atoms with van der Waals surface area (Å²) in [5.74, 6) is -2.71. The van der Waals surface area contributed by atoms with Gasteiger partial charge in [-0.05, 0) is 18.2 Å². The zero-order valence-electron chi connectivity index (χ0n) is 11.3. The van der Waals surface area contributed by atoms with E-state index in [1.54, 1.807) is 18.5 Å². The Balaban J connectivity index is -0.000000145. The molecule has 0 aliphatic rings. The molecule has 11 nitrogen and oxygen atoms in total. The van der Waals surface area contributed by atoms with Gasteiger partial charge in [0.2, 0.25) is 5.95 Å². The Hall–Kier alpha value is -2.63. The van der Waals surface area contributed by atoms with E-state index in [9.17, 15) is 19.8 Å². The normalized spacial score (nSPS) is 7.48. The van der Waals surface area contributed by atoms with Gasteiger partial charge in [0, 0.05) is 12.4 Å². The minimum Gasteiger partial charge on any atom is -0.543 e. The number of anilines is 1. The number of hydrogen-bond acceptors (Lipinski definition) is 8. The maximum absolute atomic E-state index is 10.2. The molecule has 0 spiro atoms. The zero-order chi connectivity index (χ0) is 14.3. The van der Waals surface area contributed by atoms with Crippen molar-refractivity contribution in [2.24, 2.45) is 0 Å². The molecule has 0 fully saturated rings. The molecule has 2 aromatic heterocycles. The standard InChI is InChI=1S/C7H5NO4.C4H5N3.Cu.3H2O/c9-6(10)4-2-1-3-5(8-4)7(11)12;5-4-6-2-1-3-7-4;;;;/h1-3H,(H,9,10)(H,11,12);1-3H,(H2,5,6,7);;3*1H2/q;;+2;;;/p-2. The fourth-order valence-electron chi connectivity index (χ4n) is 0.973. The molecule has 0 saturated carbocycles. The summed E-state index contributed by atoms with van der Waals surface area (Å²) in [4.78, 5) is 30.9. The smallest absolute Gasteiger partial charge is 0.543 e. The van der Waals surface area contributed by atoms with Crippen LogP contribution in [0, 0.1) is 0 Å². The molecule has 0 amide bonds. The number of carbonyl (C=O) groups excluding carboxylic acids is 2. The summed E-state index contributed by atoms with van der Waals surface area (Å²) in [6, 6.07) is 5.25. The van der Waals surface area contributed by atoms with Crippen molar-refractivity contribution >= 4 is 17.9 Å². The van der Waals surface area contributed by atoms with Crippen molar-refractivity contribution in [2.75, 3.05) is 5.73 Å². The van der Waals surface area contributed by atoms with E-state index in [2.05, 4.69) is 15.0 Å². The number of aromatic carboxylic acids is 2. The molecule has 0 bridgehead atoms. The third-order valence-electron chi connectivity index (χ3n) is 1.75. The molecule has 0 aliphatic heterocycles. The number of hydrogen-bond donors (Lipinski definition) is 1. The molecule has 12 heteroatoms. The summed E-state index contributed by atoms with van der Waals surface area (Å²) in [5.41, 5.74) is 4.30. The van der Waals surface area contributed by atoms with Gasteiger partial charge < -0.3 is 42.0 Å². The van der Waals surface area contributed by atoms with Gasteiger partial charge in [-0.15, -0.1) is 0 Å². The third kappa shape index (κ3) is 10.7. The van der Waals surface area contributed by atoms with Crippen LogP contribution in [0.1, 0.15) is 21.0 Å². The first kappa shape index (κ1) is 28.5. The Labute approximate surface area is 140 Å². The van der Waals surface area contributed by atoms with Gasteiger partial charge >= 0.3 is 17.1 Å². The molecule has 2 heterocycles. The number of carboxylic acid groups (broad SMARTS) is 2. The number of nitrogens with zero attached hydrogens (tertiary/aromatic N) is 3. The van der Waals surface area contributed by atoms with Crippen LogP contribution in [0.5, 0.6) is 0 Å². The van der Waals surface area contributed by atoms with Crippen LogP contribution in [0.25, 0.3) is 0 Å². The Kier molecular flexibility index (Phi) is 17.7. The molecule has 8 N–H and O–H groups in total. The number of carbonyl (C=O) groups is 2. The van der Waals surface area contributed by atoms with Crippen molar-refractivity contribution in [3.63, 3.8) is 0 Å². The van der Waals surface area contributed by atoms with Gasteiger partial charge in [0.1, 0.15) is 0 Å². The van der Waals surface area contributed by atoms with Gasteiger partial charge in [-0.25, -0.2) is 15.0 Å². The fourth-order valence-corrected chi connectivity index (χ4v) is 0.973. The van der Waals surface area contributed by atoms with Gasteiger partial charge in [-0.2, -0.15) is 0 Å². The van der Waals surface area contributed by atoms with Crippen LogP contribution in [0.15, 0.2) is 36.7 Å². The molecule has 0 aromatic carbocycles. The Morgan fingerprint density at radius 2 is 1.26 bits per heavy atom. The number of aromatic nitrogens is 3. The maximum atomic E-state index is 10.2. The van der Waals surface area contributed by atoms with E-state index in [0.717, 1.165) is 12.1 Å². The van der Waals surface area contributed by atoms with Crippen molar-refractivity contribution in [3.05, 3.63) is 48.0 Å². The molecule has 131 valence electrons. The molecule has 1 radical (unpaired) electrons. The second kappa shape index (κ2) is 14.3. The summed E-state index contributed by atoms with van der Waals surface area (Å²) < 4.78 is 0. The molecule has 23 heavy (non-hydrogen) atoms. The maximum Gasteiger partial charge on any atom is 2.00 e. The first-order chi connectivity index (χ1) is 9.00. The summed E-state index contributed by atoms with van der Waals surface area (Å²) in [7, 11) is 0. The van der Waals surface area contributed by atoms with E-state index >= 15 is 0 Å². The number of nitrogen functional groups attached to an aromatic ring is 1. The first-order valence-electron chi connectivity index (χ1n) is 4.93. The number of rotatable bonds is 2. The van der Waals surface area contributed by atoms with E-state index < -0.39 is 23.3 Å². The van der Waals surface area contributed by atoms with Gasteiger partial charge in [0.15, 0.2) is 0 Å². The molecule has 0 unspecified atom stereocenters. The van der Waals surface area contributed by atoms with Gasteiger partial charge in [-0.3, -0.25) is 0 Å². The monoisotopic (exact) mass is 377 g/mol. The van der Waals surface area contributed by atoms with Crippen LogP contribution < -0.4 is 15.9 Å². The van der Waals surface area contributed by atoms with E-state index in [1.165, 1.54) is 6.07 Å². The minimum absolute atomic E-state index is 0. The molecule has 2 aromatic rings. The summed E-state index contributed by atoms with van der Waals surface area (Å²) >= 11 is 0. The number of carboxylic acids is 2. The molecular formula is C11H14CuN4O7. The summed E-state index contributed by atoms with van der Waals surface area (Å²) in [6.45, 7) is 0. The third-order valence-corrected chi connectivity index (χ3v) is 1.75. The average Bonchev–Trinajstić information content (AvgIpc) is 2.40. The van der Waals surface area contributed by atoms with E-state index in [0.29, 0.717) is 5.95 Å². The van der Waals surface area contributed by atoms with Gasteiger partial charge in [0.05, 0.1) is 23.3 Å². The second-order valence-corrected chi connectivity index (χ2v) is 3.09. The van der Waals surface area contributed by atoms with Crippen molar-refractivity contribution in [3.8, 4) is 0 Å². The predicted molar refractivity (Wildman–Crippen MR) is 70.2 cm³/mol. The number of pyridine rings is 1. The average molecular weight is 378 g/mol. The van der Waals surface area contributed by atoms with Crippen LogP contribution in [0.3, 0.4) is 0 Å². The predicted octanol–water partition coefficient (Wildman–Crippen LogP) is -4.61. The van der Waals surface area contributed by atoms with Crippen LogP contribution in [0.2, 0.25) is 0 Å². The fraction of sp³-hybridized carbons (Fsp3) is 0. The van der Waals surface area contributed by atoms with Crippen molar-refractivity contribution in [1.82, 2.24) is 15.0 Å². The summed E-state index contributed by atoms with van der Waals surface area (Å²) in [6.07, 6.45) is 3.20. The molecule has 0 atom stereocenters. The molecule has 0 saturated heterocycles. The van der Waals surface area contributed by atoms with Crippen LogP contribution >= 0.6 is 0 Å². The second-order valence-electron chi connectivity index (χ2n) is 3.09. The quantitative estimate of drug-likeness (QED) is 0.497. The first-order valence-corrected chi connectivity index (χ1v) is 4.93. The van der Waals surface area contributed by atoms with Gasteiger partial charge in [0.25, 0.3) is 0 Å². The van der Waals surface area contributed by atoms with Crippen molar-refractivity contribution in [1.29, 1.82) is 0 Å². The topological polar surface area (TPSA) is 239 Å². The molecular weight excluding hydrogens is 364 g/mol. The summed E-state index contributed by atoms with van der Waals surface area (Å²) in [5, 5.41) is 20.4. The van der Waals surface area contributed by atoms with E-state index in [-0.39, 0.29) is 33.5 Å². The minimum atomic E-state index is -1.52. The number of nitrogens with two attached hydrogens (primary N) is 1. The Bertz CT molecular complexity index is 556. The Morgan fingerprint density at radius 1 is 0.870 bits per heavy atom. The molecule has 2 rings (SSSR count). The largest absolute Gasteiger partial charge is 2.00 e. The Morgan fingerprint density at radius 3 is 1.52 bits per heavy atom. The molecule has 0 aliphatic carbocycles. The van der Waals surface area contributed by atoms with Crippen LogP contribution in [-0.2, 0) is 17.1 Å².